The van der Waals surface area contributed by atoms with E-state index in [1.54, 1.807) is 0 Å². The normalized spacial score (nSPS) is 11.2. The summed E-state index contributed by atoms with van der Waals surface area (Å²) < 4.78 is 3.82. The summed E-state index contributed by atoms with van der Waals surface area (Å²) in [6, 6.07) is 0. The summed E-state index contributed by atoms with van der Waals surface area (Å²) >= 11 is 0. The van der Waals surface area contributed by atoms with Gasteiger partial charge in [-0.05, 0) is 12.8 Å². The van der Waals surface area contributed by atoms with Crippen molar-refractivity contribution in [2.24, 2.45) is 14.1 Å². The number of hydrogen-bond acceptors (Lipinski definition) is 4. The van der Waals surface area contributed by atoms with Crippen LogP contribution in [-0.4, -0.2) is 24.5 Å². The van der Waals surface area contributed by atoms with Crippen molar-refractivity contribution in [2.75, 3.05) is 5.32 Å². The van der Waals surface area contributed by atoms with Crippen LogP contribution in [0.2, 0.25) is 0 Å². The minimum atomic E-state index is 0.398. The van der Waals surface area contributed by atoms with E-state index >= 15 is 0 Å². The summed E-state index contributed by atoms with van der Waals surface area (Å²) in [5.41, 5.74) is 2.14. The molecule has 0 saturated heterocycles. The Hall–Kier alpha value is -1.85. The van der Waals surface area contributed by atoms with Crippen molar-refractivity contribution in [1.82, 2.24) is 24.5 Å². The van der Waals surface area contributed by atoms with Gasteiger partial charge in [0.25, 0.3) is 0 Å². The fraction of sp³-hybridized carbons (Fsp3) is 0.583. The van der Waals surface area contributed by atoms with E-state index in [2.05, 4.69) is 34.5 Å². The molecule has 0 bridgehead atoms. The Balaban J connectivity index is 2.13. The van der Waals surface area contributed by atoms with E-state index in [1.807, 2.05) is 36.5 Å². The van der Waals surface area contributed by atoms with Gasteiger partial charge in [0.15, 0.2) is 5.82 Å². The van der Waals surface area contributed by atoms with Crippen molar-refractivity contribution in [3.05, 3.63) is 23.5 Å². The summed E-state index contributed by atoms with van der Waals surface area (Å²) in [4.78, 5) is 0. The molecule has 1 N–H and O–H groups in total. The maximum atomic E-state index is 4.46. The molecule has 0 spiro atoms. The van der Waals surface area contributed by atoms with Crippen molar-refractivity contribution in [2.45, 2.75) is 33.2 Å². The molecular formula is C12H20N6. The first kappa shape index (κ1) is 12.6. The van der Waals surface area contributed by atoms with E-state index in [0.29, 0.717) is 12.5 Å². The predicted molar refractivity (Wildman–Crippen MR) is 70.4 cm³/mol. The molecular weight excluding hydrogens is 228 g/mol. The summed E-state index contributed by atoms with van der Waals surface area (Å²) in [6.07, 6.45) is 2.00. The third-order valence-corrected chi connectivity index (χ3v) is 3.02. The van der Waals surface area contributed by atoms with Crippen LogP contribution in [0.5, 0.6) is 0 Å². The molecule has 0 aliphatic carbocycles. The van der Waals surface area contributed by atoms with Crippen LogP contribution in [0.4, 0.5) is 5.69 Å². The number of nitrogens with one attached hydrogen (secondary N) is 1. The highest BCUT2D eigenvalue weighted by Crippen LogP contribution is 2.22. The first-order chi connectivity index (χ1) is 8.49. The standard InChI is InChI=1S/C12H20N6/c1-8(2)12-10(7-17(4)16-12)13-6-11-15-14-9(3)18(11)5/h7-8,13H,6H2,1-5H3. The largest absolute Gasteiger partial charge is 0.375 e. The lowest BCUT2D eigenvalue weighted by molar-refractivity contribution is 0.713. The topological polar surface area (TPSA) is 60.6 Å². The average molecular weight is 248 g/mol. The van der Waals surface area contributed by atoms with Crippen LogP contribution in [0, 0.1) is 6.92 Å². The van der Waals surface area contributed by atoms with Gasteiger partial charge in [0, 0.05) is 20.3 Å². The molecule has 2 rings (SSSR count). The van der Waals surface area contributed by atoms with Gasteiger partial charge in [-0.25, -0.2) is 0 Å². The van der Waals surface area contributed by atoms with Crippen molar-refractivity contribution in [3.63, 3.8) is 0 Å². The predicted octanol–water partition coefficient (Wildman–Crippen LogP) is 1.59. The Morgan fingerprint density at radius 2 is 2.00 bits per heavy atom. The molecule has 0 aromatic carbocycles. The number of anilines is 1. The monoisotopic (exact) mass is 248 g/mol. The second-order valence-corrected chi connectivity index (χ2v) is 4.83. The van der Waals surface area contributed by atoms with Crippen LogP contribution >= 0.6 is 0 Å². The Morgan fingerprint density at radius 3 is 2.56 bits per heavy atom. The smallest absolute Gasteiger partial charge is 0.152 e. The maximum Gasteiger partial charge on any atom is 0.152 e. The second kappa shape index (κ2) is 4.80. The van der Waals surface area contributed by atoms with E-state index < -0.39 is 0 Å². The lowest BCUT2D eigenvalue weighted by atomic mass is 10.1. The highest BCUT2D eigenvalue weighted by molar-refractivity contribution is 5.47. The number of nitrogens with zero attached hydrogens (tertiary/aromatic N) is 5. The molecule has 2 aromatic heterocycles. The number of hydrogen-bond donors (Lipinski definition) is 1. The van der Waals surface area contributed by atoms with Crippen LogP contribution in [0.1, 0.15) is 37.1 Å². The lowest BCUT2D eigenvalue weighted by Crippen LogP contribution is -2.07. The molecule has 0 radical (unpaired) electrons. The summed E-state index contributed by atoms with van der Waals surface area (Å²) in [5, 5.41) is 16.0. The van der Waals surface area contributed by atoms with Crippen LogP contribution in [0.15, 0.2) is 6.20 Å². The van der Waals surface area contributed by atoms with Gasteiger partial charge in [0.2, 0.25) is 0 Å². The molecule has 6 nitrogen and oxygen atoms in total. The zero-order valence-electron chi connectivity index (χ0n) is 11.6. The molecule has 0 atom stereocenters. The van der Waals surface area contributed by atoms with Crippen LogP contribution in [0.3, 0.4) is 0 Å². The van der Waals surface area contributed by atoms with E-state index in [9.17, 15) is 0 Å². The van der Waals surface area contributed by atoms with E-state index in [1.165, 1.54) is 0 Å². The molecule has 0 unspecified atom stereocenters. The zero-order chi connectivity index (χ0) is 13.3. The van der Waals surface area contributed by atoms with Gasteiger partial charge in [-0.3, -0.25) is 4.68 Å². The number of rotatable bonds is 4. The van der Waals surface area contributed by atoms with Crippen molar-refractivity contribution >= 4 is 5.69 Å². The van der Waals surface area contributed by atoms with Gasteiger partial charge >= 0.3 is 0 Å². The maximum absolute atomic E-state index is 4.46. The molecule has 18 heavy (non-hydrogen) atoms. The summed E-state index contributed by atoms with van der Waals surface area (Å²) in [5.74, 6) is 2.24. The Bertz CT molecular complexity index is 537. The second-order valence-electron chi connectivity index (χ2n) is 4.83. The molecule has 0 saturated carbocycles. The van der Waals surface area contributed by atoms with Crippen LogP contribution in [0.25, 0.3) is 0 Å². The van der Waals surface area contributed by atoms with E-state index in [4.69, 9.17) is 0 Å². The van der Waals surface area contributed by atoms with E-state index in [-0.39, 0.29) is 0 Å². The molecule has 0 amide bonds. The van der Waals surface area contributed by atoms with Gasteiger partial charge in [-0.15, -0.1) is 10.2 Å². The number of aryl methyl sites for hydroxylation is 2. The molecule has 0 aliphatic heterocycles. The minimum absolute atomic E-state index is 0.398. The van der Waals surface area contributed by atoms with Crippen LogP contribution in [-0.2, 0) is 20.6 Å². The summed E-state index contributed by atoms with van der Waals surface area (Å²) in [6.45, 7) is 6.88. The molecule has 2 heterocycles. The Morgan fingerprint density at radius 1 is 1.28 bits per heavy atom. The molecule has 6 heteroatoms. The van der Waals surface area contributed by atoms with Gasteiger partial charge in [0.05, 0.1) is 17.9 Å². The highest BCUT2D eigenvalue weighted by atomic mass is 15.3. The lowest BCUT2D eigenvalue weighted by Gasteiger charge is -2.08. The van der Waals surface area contributed by atoms with E-state index in [0.717, 1.165) is 23.0 Å². The van der Waals surface area contributed by atoms with Crippen molar-refractivity contribution in [1.29, 1.82) is 0 Å². The van der Waals surface area contributed by atoms with Crippen molar-refractivity contribution in [3.8, 4) is 0 Å². The fourth-order valence-corrected chi connectivity index (χ4v) is 1.85. The highest BCUT2D eigenvalue weighted by Gasteiger charge is 2.12. The first-order valence-corrected chi connectivity index (χ1v) is 6.11. The Kier molecular flexibility index (Phi) is 3.36. The summed E-state index contributed by atoms with van der Waals surface area (Å²) in [7, 11) is 3.91. The third kappa shape index (κ3) is 2.37. The van der Waals surface area contributed by atoms with Gasteiger partial charge in [-0.1, -0.05) is 13.8 Å². The van der Waals surface area contributed by atoms with Crippen molar-refractivity contribution < 1.29 is 0 Å². The SMILES string of the molecule is Cc1nnc(CNc2cn(C)nc2C(C)C)n1C. The number of aromatic nitrogens is 5. The quantitative estimate of drug-likeness (QED) is 0.892. The van der Waals surface area contributed by atoms with Gasteiger partial charge in [0.1, 0.15) is 5.82 Å². The zero-order valence-corrected chi connectivity index (χ0v) is 11.6. The van der Waals surface area contributed by atoms with Gasteiger partial charge in [-0.2, -0.15) is 5.10 Å². The third-order valence-electron chi connectivity index (χ3n) is 3.02. The van der Waals surface area contributed by atoms with Gasteiger partial charge < -0.3 is 9.88 Å². The molecule has 2 aromatic rings. The van der Waals surface area contributed by atoms with Crippen LogP contribution < -0.4 is 5.32 Å². The molecule has 0 fully saturated rings. The fourth-order valence-electron chi connectivity index (χ4n) is 1.85. The minimum Gasteiger partial charge on any atom is -0.375 e. The molecule has 0 aliphatic rings. The first-order valence-electron chi connectivity index (χ1n) is 6.11. The average Bonchev–Trinajstić information content (AvgIpc) is 2.82. The Labute approximate surface area is 107 Å². The molecule has 98 valence electrons.